The number of hydrogen-bond donors (Lipinski definition) is 2. The van der Waals surface area contributed by atoms with Crippen LogP contribution in [-0.2, 0) is 20.1 Å². The zero-order valence-corrected chi connectivity index (χ0v) is 15.0. The molecule has 2 heterocycles. The molecule has 110 valence electrons. The molecular formula is C13H20IN5S. The van der Waals surface area contributed by atoms with Crippen LogP contribution in [0.2, 0.25) is 0 Å². The number of aromatic nitrogens is 2. The predicted octanol–water partition coefficient (Wildman–Crippen LogP) is 2.27. The van der Waals surface area contributed by atoms with Crippen LogP contribution in [0.1, 0.15) is 16.3 Å². The zero-order valence-electron chi connectivity index (χ0n) is 11.9. The van der Waals surface area contributed by atoms with Crippen LogP contribution in [0.15, 0.2) is 28.8 Å². The number of aryl methyl sites for hydroxylation is 2. The van der Waals surface area contributed by atoms with Crippen LogP contribution >= 0.6 is 35.3 Å². The second-order valence-corrected chi connectivity index (χ2v) is 5.26. The molecule has 0 aromatic carbocycles. The average Bonchev–Trinajstić information content (AvgIpc) is 2.99. The van der Waals surface area contributed by atoms with Gasteiger partial charge >= 0.3 is 0 Å². The summed E-state index contributed by atoms with van der Waals surface area (Å²) in [4.78, 5) is 9.81. The summed E-state index contributed by atoms with van der Waals surface area (Å²) in [6.07, 6.45) is 3.73. The Morgan fingerprint density at radius 3 is 2.70 bits per heavy atom. The Morgan fingerprint density at radius 1 is 1.40 bits per heavy atom. The lowest BCUT2D eigenvalue weighted by atomic mass is 10.3. The van der Waals surface area contributed by atoms with Crippen molar-refractivity contribution in [1.29, 1.82) is 0 Å². The Bertz CT molecular complexity index is 514. The molecule has 2 rings (SSSR count). The molecule has 0 atom stereocenters. The number of hydrogen-bond acceptors (Lipinski definition) is 3. The Morgan fingerprint density at radius 2 is 2.15 bits per heavy atom. The van der Waals surface area contributed by atoms with Gasteiger partial charge in [0, 0.05) is 31.4 Å². The first-order valence-electron chi connectivity index (χ1n) is 6.14. The van der Waals surface area contributed by atoms with Gasteiger partial charge in [-0.1, -0.05) is 0 Å². The fourth-order valence-electron chi connectivity index (χ4n) is 1.70. The van der Waals surface area contributed by atoms with Crippen molar-refractivity contribution in [3.05, 3.63) is 40.1 Å². The third-order valence-electron chi connectivity index (χ3n) is 2.94. The molecule has 0 aliphatic heterocycles. The molecule has 0 fully saturated rings. The molecule has 0 saturated carbocycles. The highest BCUT2D eigenvalue weighted by atomic mass is 127. The van der Waals surface area contributed by atoms with Crippen molar-refractivity contribution in [3.63, 3.8) is 0 Å². The standard InChI is InChI=1S/C13H19N5S.HI/c1-10-4-7-19-11(10)8-16-13(14-2)17-9-12-15-5-6-18(12)3;/h4-7H,8-9H2,1-3H3,(H2,14,16,17);1H. The molecule has 0 unspecified atom stereocenters. The number of rotatable bonds is 4. The van der Waals surface area contributed by atoms with Crippen LogP contribution in [0.4, 0.5) is 0 Å². The van der Waals surface area contributed by atoms with Crippen molar-refractivity contribution in [3.8, 4) is 0 Å². The molecule has 2 N–H and O–H groups in total. The first-order valence-corrected chi connectivity index (χ1v) is 7.02. The van der Waals surface area contributed by atoms with Crippen molar-refractivity contribution in [2.24, 2.45) is 12.0 Å². The van der Waals surface area contributed by atoms with Gasteiger partial charge in [0.2, 0.25) is 0 Å². The van der Waals surface area contributed by atoms with Gasteiger partial charge in [0.1, 0.15) is 5.82 Å². The van der Waals surface area contributed by atoms with E-state index in [-0.39, 0.29) is 24.0 Å². The zero-order chi connectivity index (χ0) is 13.7. The SMILES string of the molecule is CN=C(NCc1sccc1C)NCc1nccn1C.I. The molecule has 5 nitrogen and oxygen atoms in total. The smallest absolute Gasteiger partial charge is 0.191 e. The van der Waals surface area contributed by atoms with Gasteiger partial charge in [-0.3, -0.25) is 4.99 Å². The number of guanidine groups is 1. The van der Waals surface area contributed by atoms with Gasteiger partial charge < -0.3 is 15.2 Å². The summed E-state index contributed by atoms with van der Waals surface area (Å²) in [5.74, 6) is 1.77. The van der Waals surface area contributed by atoms with E-state index in [1.807, 2.05) is 17.8 Å². The summed E-state index contributed by atoms with van der Waals surface area (Å²) in [5, 5.41) is 8.67. The molecular weight excluding hydrogens is 385 g/mol. The van der Waals surface area contributed by atoms with Crippen LogP contribution in [0.3, 0.4) is 0 Å². The van der Waals surface area contributed by atoms with Crippen molar-refractivity contribution < 1.29 is 0 Å². The summed E-state index contributed by atoms with van der Waals surface area (Å²) in [6.45, 7) is 3.58. The average molecular weight is 405 g/mol. The third kappa shape index (κ3) is 4.48. The highest BCUT2D eigenvalue weighted by Crippen LogP contribution is 2.14. The molecule has 0 amide bonds. The van der Waals surface area contributed by atoms with E-state index in [4.69, 9.17) is 0 Å². The number of nitrogens with one attached hydrogen (secondary N) is 2. The minimum atomic E-state index is 0. The van der Waals surface area contributed by atoms with E-state index in [9.17, 15) is 0 Å². The second kappa shape index (κ2) is 8.25. The van der Waals surface area contributed by atoms with Crippen molar-refractivity contribution in [1.82, 2.24) is 20.2 Å². The normalized spacial score (nSPS) is 11.1. The van der Waals surface area contributed by atoms with Crippen molar-refractivity contribution in [2.45, 2.75) is 20.0 Å². The highest BCUT2D eigenvalue weighted by molar-refractivity contribution is 14.0. The predicted molar refractivity (Wildman–Crippen MR) is 94.7 cm³/mol. The summed E-state index contributed by atoms with van der Waals surface area (Å²) in [7, 11) is 3.75. The number of nitrogens with zero attached hydrogens (tertiary/aromatic N) is 3. The first-order chi connectivity index (χ1) is 9.20. The number of halogens is 1. The minimum Gasteiger partial charge on any atom is -0.352 e. The van der Waals surface area contributed by atoms with Crippen LogP contribution in [-0.4, -0.2) is 22.6 Å². The van der Waals surface area contributed by atoms with Gasteiger partial charge in [-0.05, 0) is 23.9 Å². The van der Waals surface area contributed by atoms with Crippen LogP contribution in [0, 0.1) is 6.92 Å². The highest BCUT2D eigenvalue weighted by Gasteiger charge is 2.03. The van der Waals surface area contributed by atoms with Crippen molar-refractivity contribution in [2.75, 3.05) is 7.05 Å². The molecule has 2 aromatic heterocycles. The summed E-state index contributed by atoms with van der Waals surface area (Å²) < 4.78 is 1.99. The Hall–Kier alpha value is -1.09. The monoisotopic (exact) mass is 405 g/mol. The van der Waals surface area contributed by atoms with E-state index in [0.29, 0.717) is 6.54 Å². The first kappa shape index (κ1) is 17.0. The lowest BCUT2D eigenvalue weighted by Gasteiger charge is -2.11. The molecule has 7 heteroatoms. The van der Waals surface area contributed by atoms with Gasteiger partial charge in [0.15, 0.2) is 5.96 Å². The van der Waals surface area contributed by atoms with Gasteiger partial charge in [0.25, 0.3) is 0 Å². The molecule has 0 saturated heterocycles. The van der Waals surface area contributed by atoms with Crippen molar-refractivity contribution >= 4 is 41.3 Å². The minimum absolute atomic E-state index is 0. The van der Waals surface area contributed by atoms with Gasteiger partial charge in [0.05, 0.1) is 13.1 Å². The fraction of sp³-hybridized carbons (Fsp3) is 0.385. The largest absolute Gasteiger partial charge is 0.352 e. The lowest BCUT2D eigenvalue weighted by molar-refractivity contribution is 0.728. The van der Waals surface area contributed by atoms with Crippen LogP contribution in [0.25, 0.3) is 0 Å². The molecule has 0 aliphatic rings. The van der Waals surface area contributed by atoms with Gasteiger partial charge in [-0.25, -0.2) is 4.98 Å². The molecule has 0 bridgehead atoms. The Kier molecular flexibility index (Phi) is 7.00. The topological polar surface area (TPSA) is 54.2 Å². The Labute approximate surface area is 140 Å². The maximum atomic E-state index is 4.27. The fourth-order valence-corrected chi connectivity index (χ4v) is 2.55. The van der Waals surface area contributed by atoms with Crippen LogP contribution < -0.4 is 10.6 Å². The van der Waals surface area contributed by atoms with Gasteiger partial charge in [-0.15, -0.1) is 35.3 Å². The summed E-state index contributed by atoms with van der Waals surface area (Å²) >= 11 is 1.76. The molecule has 0 radical (unpaired) electrons. The summed E-state index contributed by atoms with van der Waals surface area (Å²) in [5.41, 5.74) is 1.32. The van der Waals surface area contributed by atoms with Gasteiger partial charge in [-0.2, -0.15) is 0 Å². The molecule has 0 aliphatic carbocycles. The maximum absolute atomic E-state index is 4.27. The van der Waals surface area contributed by atoms with E-state index in [1.54, 1.807) is 24.6 Å². The molecule has 20 heavy (non-hydrogen) atoms. The summed E-state index contributed by atoms with van der Waals surface area (Å²) in [6, 6.07) is 2.13. The maximum Gasteiger partial charge on any atom is 0.191 e. The molecule has 0 spiro atoms. The second-order valence-electron chi connectivity index (χ2n) is 4.26. The number of thiophene rings is 1. The van der Waals surface area contributed by atoms with E-state index >= 15 is 0 Å². The lowest BCUT2D eigenvalue weighted by Crippen LogP contribution is -2.36. The third-order valence-corrected chi connectivity index (χ3v) is 3.97. The van der Waals surface area contributed by atoms with E-state index in [2.05, 4.69) is 39.0 Å². The van der Waals surface area contributed by atoms with E-state index in [1.165, 1.54) is 10.4 Å². The molecule has 2 aromatic rings. The van der Waals surface area contributed by atoms with Crippen LogP contribution in [0.5, 0.6) is 0 Å². The number of imidazole rings is 1. The number of aliphatic imine (C=N–C) groups is 1. The van der Waals surface area contributed by atoms with E-state index in [0.717, 1.165) is 18.3 Å². The van der Waals surface area contributed by atoms with E-state index < -0.39 is 0 Å². The Balaban J connectivity index is 0.00000200. The quantitative estimate of drug-likeness (QED) is 0.466.